The van der Waals surface area contributed by atoms with Crippen LogP contribution in [0.2, 0.25) is 0 Å². The van der Waals surface area contributed by atoms with Crippen molar-refractivity contribution in [3.05, 3.63) is 22.3 Å². The van der Waals surface area contributed by atoms with E-state index in [-0.39, 0.29) is 11.1 Å². The molecule has 0 fully saturated rings. The number of hydrogen-bond donors (Lipinski definition) is 0. The highest BCUT2D eigenvalue weighted by atomic mass is 19.4. The van der Waals surface area contributed by atoms with Gasteiger partial charge in [-0.15, -0.1) is 0 Å². The molecule has 0 aromatic rings. The van der Waals surface area contributed by atoms with E-state index in [0.29, 0.717) is 0 Å². The van der Waals surface area contributed by atoms with Crippen LogP contribution in [0.25, 0.3) is 0 Å². The van der Waals surface area contributed by atoms with E-state index in [1.807, 2.05) is 0 Å². The Morgan fingerprint density at radius 3 is 1.44 bits per heavy atom. The van der Waals surface area contributed by atoms with Crippen LogP contribution in [0.3, 0.4) is 0 Å². The maximum atomic E-state index is 12.6. The zero-order valence-electron chi connectivity index (χ0n) is 8.85. The van der Waals surface area contributed by atoms with Gasteiger partial charge in [0.2, 0.25) is 0 Å². The molecule has 0 aromatic carbocycles. The van der Waals surface area contributed by atoms with Crippen LogP contribution >= 0.6 is 0 Å². The fourth-order valence-electron chi connectivity index (χ4n) is 2.11. The van der Waals surface area contributed by atoms with E-state index < -0.39 is 29.4 Å². The summed E-state index contributed by atoms with van der Waals surface area (Å²) < 4.78 is 75.3. The van der Waals surface area contributed by atoms with Crippen molar-refractivity contribution in [2.75, 3.05) is 0 Å². The van der Waals surface area contributed by atoms with Crippen LogP contribution in [0.1, 0.15) is 20.8 Å². The first-order valence-corrected chi connectivity index (χ1v) is 4.50. The van der Waals surface area contributed by atoms with Gasteiger partial charge in [-0.05, 0) is 31.9 Å². The second kappa shape index (κ2) is 3.53. The predicted octanol–water partition coefficient (Wildman–Crippen LogP) is 4.39. The van der Waals surface area contributed by atoms with Gasteiger partial charge in [0.05, 0.1) is 11.5 Å². The van der Waals surface area contributed by atoms with Gasteiger partial charge in [-0.1, -0.05) is 5.57 Å². The fourth-order valence-corrected chi connectivity index (χ4v) is 2.11. The molecule has 0 spiro atoms. The number of allylic oxidation sites excluding steroid dienone is 4. The molecule has 6 heteroatoms. The van der Waals surface area contributed by atoms with Crippen molar-refractivity contribution in [3.8, 4) is 0 Å². The van der Waals surface area contributed by atoms with Gasteiger partial charge in [-0.2, -0.15) is 26.3 Å². The van der Waals surface area contributed by atoms with Crippen LogP contribution in [-0.4, -0.2) is 12.4 Å². The molecule has 0 aromatic heterocycles. The molecule has 0 heterocycles. The van der Waals surface area contributed by atoms with Crippen LogP contribution in [0.4, 0.5) is 26.3 Å². The van der Waals surface area contributed by atoms with Crippen molar-refractivity contribution in [1.29, 1.82) is 0 Å². The Bertz CT molecular complexity index is 366. The summed E-state index contributed by atoms with van der Waals surface area (Å²) in [6, 6.07) is 0. The Morgan fingerprint density at radius 2 is 1.25 bits per heavy atom. The molecule has 0 amide bonds. The third-order valence-corrected chi connectivity index (χ3v) is 2.84. The summed E-state index contributed by atoms with van der Waals surface area (Å²) in [5, 5.41) is 0. The summed E-state index contributed by atoms with van der Waals surface area (Å²) in [5.41, 5.74) is -2.37. The molecule has 1 atom stereocenters. The molecule has 0 N–H and O–H groups in total. The first kappa shape index (κ1) is 13.1. The first-order chi connectivity index (χ1) is 6.98. The zero-order chi connectivity index (χ0) is 12.9. The maximum Gasteiger partial charge on any atom is 0.416 e. The van der Waals surface area contributed by atoms with E-state index >= 15 is 0 Å². The minimum absolute atomic E-state index is 0.266. The van der Waals surface area contributed by atoms with E-state index in [1.54, 1.807) is 0 Å². The maximum absolute atomic E-state index is 12.6. The molecule has 1 aliphatic carbocycles. The number of rotatable bonds is 0. The summed E-state index contributed by atoms with van der Waals surface area (Å²) in [6.07, 6.45) is -9.39. The Kier molecular flexibility index (Phi) is 2.90. The predicted molar refractivity (Wildman–Crippen MR) is 46.7 cm³/mol. The quantitative estimate of drug-likeness (QED) is 0.554. The van der Waals surface area contributed by atoms with E-state index in [4.69, 9.17) is 0 Å². The van der Waals surface area contributed by atoms with E-state index in [9.17, 15) is 26.3 Å². The van der Waals surface area contributed by atoms with Crippen LogP contribution in [0.15, 0.2) is 22.3 Å². The monoisotopic (exact) mass is 244 g/mol. The first-order valence-electron chi connectivity index (χ1n) is 4.50. The zero-order valence-corrected chi connectivity index (χ0v) is 8.85. The van der Waals surface area contributed by atoms with E-state index in [0.717, 1.165) is 20.8 Å². The summed E-state index contributed by atoms with van der Waals surface area (Å²) in [4.78, 5) is 0. The van der Waals surface area contributed by atoms with Crippen molar-refractivity contribution in [2.24, 2.45) is 5.92 Å². The van der Waals surface area contributed by atoms with Gasteiger partial charge in [-0.25, -0.2) is 0 Å². The largest absolute Gasteiger partial charge is 0.416 e. The third-order valence-electron chi connectivity index (χ3n) is 2.84. The third kappa shape index (κ3) is 1.97. The Morgan fingerprint density at radius 1 is 0.812 bits per heavy atom. The highest BCUT2D eigenvalue weighted by Crippen LogP contribution is 2.50. The molecule has 0 bridgehead atoms. The molecule has 16 heavy (non-hydrogen) atoms. The summed E-state index contributed by atoms with van der Waals surface area (Å²) >= 11 is 0. The minimum atomic E-state index is -4.73. The topological polar surface area (TPSA) is 0 Å². The minimum Gasteiger partial charge on any atom is -0.170 e. The van der Waals surface area contributed by atoms with Crippen LogP contribution in [0.5, 0.6) is 0 Å². The lowest BCUT2D eigenvalue weighted by atomic mass is 9.96. The lowest BCUT2D eigenvalue weighted by Gasteiger charge is -2.18. The van der Waals surface area contributed by atoms with Crippen molar-refractivity contribution in [2.45, 2.75) is 33.1 Å². The summed E-state index contributed by atoms with van der Waals surface area (Å²) in [5.74, 6) is -2.09. The van der Waals surface area contributed by atoms with Gasteiger partial charge < -0.3 is 0 Å². The molecule has 0 radical (unpaired) electrons. The van der Waals surface area contributed by atoms with Crippen LogP contribution in [0, 0.1) is 5.92 Å². The lowest BCUT2D eigenvalue weighted by molar-refractivity contribution is -0.154. The lowest BCUT2D eigenvalue weighted by Crippen LogP contribution is -2.24. The standard InChI is InChI=1S/C10H10F6/c1-4-5(2)8(10(14,15)16)6(3)7(4)9(11,12)13/h7H,1-3H3. The highest BCUT2D eigenvalue weighted by molar-refractivity contribution is 5.50. The smallest absolute Gasteiger partial charge is 0.170 e. The van der Waals surface area contributed by atoms with Gasteiger partial charge in [0.1, 0.15) is 0 Å². The highest BCUT2D eigenvalue weighted by Gasteiger charge is 2.51. The number of halogens is 6. The summed E-state index contributed by atoms with van der Waals surface area (Å²) in [6.45, 7) is 3.06. The number of hydrogen-bond acceptors (Lipinski definition) is 0. The normalized spacial score (nSPS) is 23.4. The van der Waals surface area contributed by atoms with Gasteiger partial charge >= 0.3 is 12.4 Å². The molecule has 1 rings (SSSR count). The molecule has 0 saturated heterocycles. The van der Waals surface area contributed by atoms with Gasteiger partial charge in [0.15, 0.2) is 0 Å². The van der Waals surface area contributed by atoms with E-state index in [2.05, 4.69) is 0 Å². The molecule has 0 aliphatic heterocycles. The Hall–Kier alpha value is -0.940. The molecule has 0 saturated carbocycles. The van der Waals surface area contributed by atoms with Crippen molar-refractivity contribution >= 4 is 0 Å². The molecule has 92 valence electrons. The summed E-state index contributed by atoms with van der Waals surface area (Å²) in [7, 11) is 0. The number of alkyl halides is 6. The molecular weight excluding hydrogens is 234 g/mol. The van der Waals surface area contributed by atoms with Gasteiger partial charge in [-0.3, -0.25) is 0 Å². The van der Waals surface area contributed by atoms with Crippen molar-refractivity contribution in [1.82, 2.24) is 0 Å². The Labute approximate surface area is 88.6 Å². The molecular formula is C10H10F6. The average molecular weight is 244 g/mol. The Balaban J connectivity index is 3.36. The van der Waals surface area contributed by atoms with Gasteiger partial charge in [0, 0.05) is 0 Å². The molecule has 1 aliphatic rings. The second-order valence-corrected chi connectivity index (χ2v) is 3.84. The van der Waals surface area contributed by atoms with Gasteiger partial charge in [0.25, 0.3) is 0 Å². The second-order valence-electron chi connectivity index (χ2n) is 3.84. The van der Waals surface area contributed by atoms with Crippen molar-refractivity contribution in [3.63, 3.8) is 0 Å². The van der Waals surface area contributed by atoms with Crippen LogP contribution in [-0.2, 0) is 0 Å². The molecule has 1 unspecified atom stereocenters. The average Bonchev–Trinajstić information content (AvgIpc) is 2.19. The molecule has 0 nitrogen and oxygen atoms in total. The van der Waals surface area contributed by atoms with Crippen LogP contribution < -0.4 is 0 Å². The fraction of sp³-hybridized carbons (Fsp3) is 0.600. The SMILES string of the molecule is CC1=C(C)C(C(F)(F)F)C(C)=C1C(F)(F)F. The van der Waals surface area contributed by atoms with E-state index in [1.165, 1.54) is 0 Å². The van der Waals surface area contributed by atoms with Crippen molar-refractivity contribution < 1.29 is 26.3 Å².